The molecule has 4 aromatic rings. The first-order chi connectivity index (χ1) is 14.9. The molecule has 0 unspecified atom stereocenters. The standard InChI is InChI=1S/C22H20N4O4S/c1-12-8-16(13(2)29-12)20(27)25-17-7-5-4-6-15(17)22-26-18(14(3)30-22)9-23-21(28)19-10-31-11-24-19/h4-8,10-11H,9H2,1-3H3,(H,23,28)(H,25,27). The highest BCUT2D eigenvalue weighted by atomic mass is 32.1. The second kappa shape index (κ2) is 8.57. The number of anilines is 1. The summed E-state index contributed by atoms with van der Waals surface area (Å²) in [5.41, 5.74) is 4.23. The molecule has 8 nitrogen and oxygen atoms in total. The van der Waals surface area contributed by atoms with Crippen LogP contribution in [0.5, 0.6) is 0 Å². The molecule has 0 bridgehead atoms. The molecule has 3 aromatic heterocycles. The van der Waals surface area contributed by atoms with E-state index in [1.54, 1.807) is 43.8 Å². The highest BCUT2D eigenvalue weighted by Gasteiger charge is 2.19. The van der Waals surface area contributed by atoms with E-state index in [1.165, 1.54) is 11.3 Å². The van der Waals surface area contributed by atoms with Crippen LogP contribution in [-0.4, -0.2) is 21.8 Å². The second-order valence-electron chi connectivity index (χ2n) is 6.90. The van der Waals surface area contributed by atoms with Crippen molar-refractivity contribution in [2.75, 3.05) is 5.32 Å². The van der Waals surface area contributed by atoms with E-state index in [0.717, 1.165) is 0 Å². The smallest absolute Gasteiger partial charge is 0.271 e. The fraction of sp³-hybridized carbons (Fsp3) is 0.182. The van der Waals surface area contributed by atoms with Crippen molar-refractivity contribution >= 4 is 28.8 Å². The number of carbonyl (C=O) groups is 2. The van der Waals surface area contributed by atoms with Gasteiger partial charge in [0.1, 0.15) is 28.7 Å². The van der Waals surface area contributed by atoms with Gasteiger partial charge in [0.15, 0.2) is 0 Å². The van der Waals surface area contributed by atoms with Gasteiger partial charge < -0.3 is 19.5 Å². The van der Waals surface area contributed by atoms with Crippen molar-refractivity contribution in [3.05, 3.63) is 75.5 Å². The Morgan fingerprint density at radius 2 is 1.87 bits per heavy atom. The molecule has 1 aromatic carbocycles. The minimum Gasteiger partial charge on any atom is -0.466 e. The molecular weight excluding hydrogens is 416 g/mol. The van der Waals surface area contributed by atoms with Gasteiger partial charge in [0, 0.05) is 5.38 Å². The maximum absolute atomic E-state index is 12.7. The van der Waals surface area contributed by atoms with Gasteiger partial charge in [0.25, 0.3) is 11.8 Å². The topological polar surface area (TPSA) is 110 Å². The normalized spacial score (nSPS) is 10.8. The zero-order valence-corrected chi connectivity index (χ0v) is 18.0. The Balaban J connectivity index is 1.54. The van der Waals surface area contributed by atoms with E-state index in [9.17, 15) is 9.59 Å². The summed E-state index contributed by atoms with van der Waals surface area (Å²) in [6, 6.07) is 8.94. The maximum Gasteiger partial charge on any atom is 0.271 e. The van der Waals surface area contributed by atoms with Gasteiger partial charge in [-0.15, -0.1) is 11.3 Å². The minimum absolute atomic E-state index is 0.202. The largest absolute Gasteiger partial charge is 0.466 e. The third-order valence-corrected chi connectivity index (χ3v) is 5.25. The number of hydrogen-bond donors (Lipinski definition) is 2. The van der Waals surface area contributed by atoms with Gasteiger partial charge in [-0.25, -0.2) is 9.97 Å². The van der Waals surface area contributed by atoms with Crippen LogP contribution >= 0.6 is 11.3 Å². The lowest BCUT2D eigenvalue weighted by Crippen LogP contribution is -2.23. The van der Waals surface area contributed by atoms with Gasteiger partial charge in [-0.05, 0) is 39.0 Å². The van der Waals surface area contributed by atoms with Crippen LogP contribution in [0.1, 0.15) is 43.8 Å². The summed E-state index contributed by atoms with van der Waals surface area (Å²) in [4.78, 5) is 33.4. The summed E-state index contributed by atoms with van der Waals surface area (Å²) < 4.78 is 11.3. The van der Waals surface area contributed by atoms with Gasteiger partial charge in [-0.3, -0.25) is 9.59 Å². The molecule has 0 radical (unpaired) electrons. The van der Waals surface area contributed by atoms with Crippen molar-refractivity contribution in [3.8, 4) is 11.5 Å². The number of para-hydroxylation sites is 1. The van der Waals surface area contributed by atoms with Crippen molar-refractivity contribution in [1.29, 1.82) is 0 Å². The highest BCUT2D eigenvalue weighted by Crippen LogP contribution is 2.29. The highest BCUT2D eigenvalue weighted by molar-refractivity contribution is 7.07. The zero-order chi connectivity index (χ0) is 22.0. The molecule has 0 aliphatic rings. The SMILES string of the molecule is Cc1cc(C(=O)Nc2ccccc2-c2nc(CNC(=O)c3cscn3)c(C)o2)c(C)o1. The molecule has 0 spiro atoms. The Kier molecular flexibility index (Phi) is 5.68. The Hall–Kier alpha value is -3.72. The number of carbonyl (C=O) groups excluding carboxylic acids is 2. The number of rotatable bonds is 6. The summed E-state index contributed by atoms with van der Waals surface area (Å²) >= 11 is 1.35. The van der Waals surface area contributed by atoms with E-state index in [1.807, 2.05) is 18.2 Å². The molecule has 2 amide bonds. The average Bonchev–Trinajstić information content (AvgIpc) is 3.47. The number of nitrogens with one attached hydrogen (secondary N) is 2. The van der Waals surface area contributed by atoms with Gasteiger partial charge in [-0.2, -0.15) is 0 Å². The van der Waals surface area contributed by atoms with E-state index >= 15 is 0 Å². The van der Waals surface area contributed by atoms with E-state index in [-0.39, 0.29) is 18.4 Å². The van der Waals surface area contributed by atoms with Crippen LogP contribution in [0, 0.1) is 20.8 Å². The first-order valence-corrected chi connectivity index (χ1v) is 10.5. The summed E-state index contributed by atoms with van der Waals surface area (Å²) in [6.45, 7) is 5.52. The molecule has 158 valence electrons. The van der Waals surface area contributed by atoms with Crippen LogP contribution in [0.2, 0.25) is 0 Å². The van der Waals surface area contributed by atoms with E-state index < -0.39 is 0 Å². The van der Waals surface area contributed by atoms with Crippen LogP contribution < -0.4 is 10.6 Å². The predicted octanol–water partition coefficient (Wildman–Crippen LogP) is 4.50. The first-order valence-electron chi connectivity index (χ1n) is 9.53. The summed E-state index contributed by atoms with van der Waals surface area (Å²) in [5.74, 6) is 1.60. The molecule has 3 heterocycles. The summed E-state index contributed by atoms with van der Waals surface area (Å²) in [6.07, 6.45) is 0. The molecule has 0 atom stereocenters. The van der Waals surface area contributed by atoms with Gasteiger partial charge in [0.2, 0.25) is 5.89 Å². The van der Waals surface area contributed by atoms with Crippen LogP contribution in [0.4, 0.5) is 5.69 Å². The molecule has 0 saturated heterocycles. The Morgan fingerprint density at radius 1 is 1.06 bits per heavy atom. The maximum atomic E-state index is 12.7. The van der Waals surface area contributed by atoms with E-state index in [0.29, 0.717) is 51.4 Å². The van der Waals surface area contributed by atoms with E-state index in [2.05, 4.69) is 20.6 Å². The molecule has 2 N–H and O–H groups in total. The lowest BCUT2D eigenvalue weighted by atomic mass is 10.1. The van der Waals surface area contributed by atoms with Crippen LogP contribution in [-0.2, 0) is 6.54 Å². The number of hydrogen-bond acceptors (Lipinski definition) is 7. The van der Waals surface area contributed by atoms with Crippen LogP contribution in [0.15, 0.2) is 50.1 Å². The Morgan fingerprint density at radius 3 is 2.58 bits per heavy atom. The molecule has 4 rings (SSSR count). The van der Waals surface area contributed by atoms with Crippen LogP contribution in [0.3, 0.4) is 0 Å². The number of aryl methyl sites for hydroxylation is 3. The van der Waals surface area contributed by atoms with Crippen molar-refractivity contribution in [2.24, 2.45) is 0 Å². The average molecular weight is 436 g/mol. The third kappa shape index (κ3) is 4.41. The van der Waals surface area contributed by atoms with Gasteiger partial charge in [-0.1, -0.05) is 12.1 Å². The monoisotopic (exact) mass is 436 g/mol. The third-order valence-electron chi connectivity index (χ3n) is 4.67. The quantitative estimate of drug-likeness (QED) is 0.460. The van der Waals surface area contributed by atoms with Crippen molar-refractivity contribution in [3.63, 3.8) is 0 Å². The number of thiazole rings is 1. The summed E-state index contributed by atoms with van der Waals surface area (Å²) in [5, 5.41) is 7.37. The lowest BCUT2D eigenvalue weighted by molar-refractivity contribution is 0.0945. The number of oxazole rings is 1. The van der Waals surface area contributed by atoms with Crippen molar-refractivity contribution in [1.82, 2.24) is 15.3 Å². The van der Waals surface area contributed by atoms with Gasteiger partial charge in [0.05, 0.1) is 28.9 Å². The number of furan rings is 1. The summed E-state index contributed by atoms with van der Waals surface area (Å²) in [7, 11) is 0. The number of benzene rings is 1. The molecule has 0 aliphatic heterocycles. The first kappa shape index (κ1) is 20.5. The molecule has 31 heavy (non-hydrogen) atoms. The van der Waals surface area contributed by atoms with Crippen LogP contribution in [0.25, 0.3) is 11.5 Å². The molecule has 0 fully saturated rings. The number of nitrogens with zero attached hydrogens (tertiary/aromatic N) is 2. The molecular formula is C22H20N4O4S. The van der Waals surface area contributed by atoms with E-state index in [4.69, 9.17) is 8.83 Å². The lowest BCUT2D eigenvalue weighted by Gasteiger charge is -2.08. The van der Waals surface area contributed by atoms with Crippen molar-refractivity contribution in [2.45, 2.75) is 27.3 Å². The second-order valence-corrected chi connectivity index (χ2v) is 7.62. The number of amides is 2. The van der Waals surface area contributed by atoms with Crippen molar-refractivity contribution < 1.29 is 18.4 Å². The minimum atomic E-state index is -0.277. The zero-order valence-electron chi connectivity index (χ0n) is 17.2. The number of aromatic nitrogens is 2. The predicted molar refractivity (Wildman–Crippen MR) is 116 cm³/mol. The molecule has 0 aliphatic carbocycles. The molecule has 0 saturated carbocycles. The Labute approximate surface area is 182 Å². The molecule has 9 heteroatoms. The fourth-order valence-electron chi connectivity index (χ4n) is 3.11. The Bertz CT molecular complexity index is 1240. The fourth-order valence-corrected chi connectivity index (χ4v) is 3.64. The van der Waals surface area contributed by atoms with Gasteiger partial charge >= 0.3 is 0 Å².